The standard InChI is InChI=1S/C13H17FO3S/c1-4-9(2)18(16)8-12(15)10-5-6-13(17-3)11(14)7-10/h5-7,9H,4,8H2,1-3H3. The zero-order valence-corrected chi connectivity index (χ0v) is 11.6. The van der Waals surface area contributed by atoms with E-state index in [0.717, 1.165) is 12.5 Å². The van der Waals surface area contributed by atoms with E-state index in [4.69, 9.17) is 4.74 Å². The minimum atomic E-state index is -1.21. The van der Waals surface area contributed by atoms with Crippen LogP contribution in [0.1, 0.15) is 30.6 Å². The van der Waals surface area contributed by atoms with Crippen LogP contribution in [-0.2, 0) is 10.8 Å². The summed E-state index contributed by atoms with van der Waals surface area (Å²) in [5.41, 5.74) is 0.227. The molecule has 0 aliphatic carbocycles. The number of hydrogen-bond donors (Lipinski definition) is 0. The van der Waals surface area contributed by atoms with Crippen molar-refractivity contribution in [3.05, 3.63) is 29.6 Å². The van der Waals surface area contributed by atoms with E-state index < -0.39 is 16.6 Å². The molecule has 0 aromatic heterocycles. The molecule has 18 heavy (non-hydrogen) atoms. The maximum absolute atomic E-state index is 13.4. The van der Waals surface area contributed by atoms with Crippen molar-refractivity contribution < 1.29 is 18.1 Å². The van der Waals surface area contributed by atoms with Crippen molar-refractivity contribution in [2.75, 3.05) is 12.9 Å². The third-order valence-corrected chi connectivity index (χ3v) is 4.55. The predicted molar refractivity (Wildman–Crippen MR) is 70.0 cm³/mol. The van der Waals surface area contributed by atoms with Crippen molar-refractivity contribution in [3.63, 3.8) is 0 Å². The first kappa shape index (κ1) is 14.8. The Balaban J connectivity index is 2.79. The molecule has 0 saturated carbocycles. The molecule has 1 aromatic rings. The van der Waals surface area contributed by atoms with E-state index in [0.29, 0.717) is 0 Å². The fraction of sp³-hybridized carbons (Fsp3) is 0.462. The molecule has 0 radical (unpaired) electrons. The van der Waals surface area contributed by atoms with Gasteiger partial charge < -0.3 is 4.74 Å². The van der Waals surface area contributed by atoms with E-state index in [9.17, 15) is 13.4 Å². The maximum atomic E-state index is 13.4. The lowest BCUT2D eigenvalue weighted by Crippen LogP contribution is -2.19. The Morgan fingerprint density at radius 3 is 2.67 bits per heavy atom. The molecular weight excluding hydrogens is 255 g/mol. The summed E-state index contributed by atoms with van der Waals surface area (Å²) in [6, 6.07) is 4.00. The number of halogens is 1. The van der Waals surface area contributed by atoms with Crippen LogP contribution in [-0.4, -0.2) is 28.1 Å². The highest BCUT2D eigenvalue weighted by Crippen LogP contribution is 2.18. The highest BCUT2D eigenvalue weighted by atomic mass is 32.2. The number of ketones is 1. The van der Waals surface area contributed by atoms with E-state index in [1.54, 1.807) is 0 Å². The van der Waals surface area contributed by atoms with Gasteiger partial charge in [0.2, 0.25) is 0 Å². The molecule has 1 aromatic carbocycles. The van der Waals surface area contributed by atoms with Crippen molar-refractivity contribution >= 4 is 16.6 Å². The molecule has 0 aliphatic heterocycles. The first-order valence-corrected chi connectivity index (χ1v) is 7.11. The van der Waals surface area contributed by atoms with E-state index in [2.05, 4.69) is 0 Å². The summed E-state index contributed by atoms with van der Waals surface area (Å²) in [4.78, 5) is 11.8. The summed E-state index contributed by atoms with van der Waals surface area (Å²) in [7, 11) is 0.147. The Morgan fingerprint density at radius 1 is 1.50 bits per heavy atom. The Bertz CT molecular complexity index is 460. The second-order valence-corrected chi connectivity index (χ2v) is 5.87. The second kappa shape index (κ2) is 6.64. The SMILES string of the molecule is CCC(C)S(=O)CC(=O)c1ccc(OC)c(F)c1. The zero-order valence-electron chi connectivity index (χ0n) is 10.7. The molecule has 3 nitrogen and oxygen atoms in total. The van der Waals surface area contributed by atoms with Gasteiger partial charge in [-0.05, 0) is 24.6 Å². The topological polar surface area (TPSA) is 43.4 Å². The van der Waals surface area contributed by atoms with E-state index in [1.807, 2.05) is 13.8 Å². The smallest absolute Gasteiger partial charge is 0.175 e. The third-order valence-electron chi connectivity index (χ3n) is 2.77. The molecule has 0 bridgehead atoms. The quantitative estimate of drug-likeness (QED) is 0.747. The number of carbonyl (C=O) groups is 1. The van der Waals surface area contributed by atoms with Crippen molar-refractivity contribution in [1.29, 1.82) is 0 Å². The van der Waals surface area contributed by atoms with E-state index >= 15 is 0 Å². The highest BCUT2D eigenvalue weighted by molar-refractivity contribution is 7.86. The van der Waals surface area contributed by atoms with Crippen LogP contribution in [0.5, 0.6) is 5.75 Å². The molecule has 2 atom stereocenters. The minimum Gasteiger partial charge on any atom is -0.494 e. The first-order valence-electron chi connectivity index (χ1n) is 5.73. The van der Waals surface area contributed by atoms with Crippen LogP contribution < -0.4 is 4.74 Å². The van der Waals surface area contributed by atoms with Crippen molar-refractivity contribution in [1.82, 2.24) is 0 Å². The van der Waals surface area contributed by atoms with Crippen LogP contribution in [0.25, 0.3) is 0 Å². The molecule has 0 fully saturated rings. The van der Waals surface area contributed by atoms with Gasteiger partial charge in [-0.3, -0.25) is 9.00 Å². The maximum Gasteiger partial charge on any atom is 0.175 e. The molecule has 100 valence electrons. The molecular formula is C13H17FO3S. The molecule has 0 heterocycles. The number of methoxy groups -OCH3 is 1. The summed E-state index contributed by atoms with van der Waals surface area (Å²) in [5, 5.41) is -0.0305. The zero-order chi connectivity index (χ0) is 13.7. The van der Waals surface area contributed by atoms with Crippen LogP contribution in [0.3, 0.4) is 0 Å². The lowest BCUT2D eigenvalue weighted by atomic mass is 10.1. The van der Waals surface area contributed by atoms with Gasteiger partial charge in [0.1, 0.15) is 0 Å². The number of rotatable bonds is 6. The normalized spacial score (nSPS) is 14.0. The van der Waals surface area contributed by atoms with Crippen molar-refractivity contribution in [2.24, 2.45) is 0 Å². The Hall–Kier alpha value is -1.23. The predicted octanol–water partition coefficient (Wildman–Crippen LogP) is 2.56. The van der Waals surface area contributed by atoms with E-state index in [-0.39, 0.29) is 28.1 Å². The molecule has 2 unspecified atom stereocenters. The number of carbonyl (C=O) groups excluding carboxylic acids is 1. The van der Waals surface area contributed by atoms with Gasteiger partial charge in [-0.2, -0.15) is 0 Å². The summed E-state index contributed by atoms with van der Waals surface area (Å²) < 4.78 is 29.9. The molecule has 0 spiro atoms. The van der Waals surface area contributed by atoms with Gasteiger partial charge in [-0.25, -0.2) is 4.39 Å². The molecule has 1 rings (SSSR count). The monoisotopic (exact) mass is 272 g/mol. The lowest BCUT2D eigenvalue weighted by molar-refractivity contribution is 0.102. The van der Waals surface area contributed by atoms with Gasteiger partial charge in [0.15, 0.2) is 17.3 Å². The average Bonchev–Trinajstić information content (AvgIpc) is 2.37. The fourth-order valence-corrected chi connectivity index (χ4v) is 2.46. The second-order valence-electron chi connectivity index (χ2n) is 4.02. The molecule has 0 amide bonds. The van der Waals surface area contributed by atoms with E-state index in [1.165, 1.54) is 19.2 Å². The van der Waals surface area contributed by atoms with Crippen LogP contribution in [0.4, 0.5) is 4.39 Å². The Labute approximate surface area is 109 Å². The van der Waals surface area contributed by atoms with Crippen LogP contribution in [0.2, 0.25) is 0 Å². The lowest BCUT2D eigenvalue weighted by Gasteiger charge is -2.08. The van der Waals surface area contributed by atoms with Gasteiger partial charge in [0, 0.05) is 21.6 Å². The van der Waals surface area contributed by atoms with Crippen LogP contribution in [0.15, 0.2) is 18.2 Å². The van der Waals surface area contributed by atoms with Gasteiger partial charge in [0.25, 0.3) is 0 Å². The minimum absolute atomic E-state index is 0.0305. The summed E-state index contributed by atoms with van der Waals surface area (Å²) in [6.45, 7) is 3.75. The average molecular weight is 272 g/mol. The number of ether oxygens (including phenoxy) is 1. The first-order chi connectivity index (χ1) is 8.49. The molecule has 0 saturated heterocycles. The summed E-state index contributed by atoms with van der Waals surface area (Å²) in [6.07, 6.45) is 0.747. The third kappa shape index (κ3) is 3.63. The van der Waals surface area contributed by atoms with Crippen LogP contribution in [0, 0.1) is 5.82 Å². The number of benzene rings is 1. The van der Waals surface area contributed by atoms with Crippen molar-refractivity contribution in [3.8, 4) is 5.75 Å². The number of hydrogen-bond acceptors (Lipinski definition) is 3. The van der Waals surface area contributed by atoms with Crippen molar-refractivity contribution in [2.45, 2.75) is 25.5 Å². The molecule has 5 heteroatoms. The van der Waals surface area contributed by atoms with Gasteiger partial charge in [-0.15, -0.1) is 0 Å². The Morgan fingerprint density at radius 2 is 2.17 bits per heavy atom. The fourth-order valence-electron chi connectivity index (χ4n) is 1.38. The Kier molecular flexibility index (Phi) is 5.47. The summed E-state index contributed by atoms with van der Waals surface area (Å²) >= 11 is 0. The number of Topliss-reactive ketones (excluding diaryl/α,β-unsaturated/α-hetero) is 1. The largest absolute Gasteiger partial charge is 0.494 e. The highest BCUT2D eigenvalue weighted by Gasteiger charge is 2.16. The van der Waals surface area contributed by atoms with Gasteiger partial charge in [0.05, 0.1) is 12.9 Å². The molecule has 0 aliphatic rings. The van der Waals surface area contributed by atoms with Gasteiger partial charge in [-0.1, -0.05) is 13.8 Å². The summed E-state index contributed by atoms with van der Waals surface area (Å²) in [5.74, 6) is -0.872. The van der Waals surface area contributed by atoms with Gasteiger partial charge >= 0.3 is 0 Å². The van der Waals surface area contributed by atoms with Crippen LogP contribution >= 0.6 is 0 Å². The molecule has 0 N–H and O–H groups in total.